The van der Waals surface area contributed by atoms with Crippen molar-refractivity contribution in [2.24, 2.45) is 0 Å². The van der Waals surface area contributed by atoms with Gasteiger partial charge in [0.05, 0.1) is 12.2 Å². The first-order valence-electron chi connectivity index (χ1n) is 6.24. The molecule has 2 aromatic heterocycles. The predicted molar refractivity (Wildman–Crippen MR) is 75.0 cm³/mol. The molecule has 3 rings (SSSR count). The summed E-state index contributed by atoms with van der Waals surface area (Å²) in [5, 5.41) is 5.55. The van der Waals surface area contributed by atoms with Gasteiger partial charge in [0.1, 0.15) is 11.6 Å². The number of aryl methyl sites for hydroxylation is 2. The Morgan fingerprint density at radius 2 is 2.00 bits per heavy atom. The van der Waals surface area contributed by atoms with E-state index in [2.05, 4.69) is 27.4 Å². The Labute approximate surface area is 111 Å². The minimum absolute atomic E-state index is 0.537. The largest absolute Gasteiger partial charge is 0.444 e. The molecule has 1 aromatic carbocycles. The maximum absolute atomic E-state index is 5.55. The molecule has 3 aromatic rings. The summed E-state index contributed by atoms with van der Waals surface area (Å²) in [6.45, 7) is 4.40. The van der Waals surface area contributed by atoms with Crippen LogP contribution in [0.25, 0.3) is 10.8 Å². The van der Waals surface area contributed by atoms with Gasteiger partial charge in [-0.25, -0.2) is 9.97 Å². The highest BCUT2D eigenvalue weighted by atomic mass is 16.4. The molecular formula is C15H15N3O. The molecule has 0 bridgehead atoms. The van der Waals surface area contributed by atoms with E-state index in [1.165, 1.54) is 5.39 Å². The van der Waals surface area contributed by atoms with Gasteiger partial charge in [0.25, 0.3) is 0 Å². The van der Waals surface area contributed by atoms with Crippen LogP contribution in [0.4, 0.5) is 5.82 Å². The SMILES string of the molecule is Cc1nc(CNc2nccc3ccccc23)oc1C. The Balaban J connectivity index is 1.85. The van der Waals surface area contributed by atoms with Gasteiger partial charge in [-0.3, -0.25) is 0 Å². The van der Waals surface area contributed by atoms with E-state index >= 15 is 0 Å². The summed E-state index contributed by atoms with van der Waals surface area (Å²) < 4.78 is 5.55. The second kappa shape index (κ2) is 4.72. The minimum atomic E-state index is 0.537. The molecular weight excluding hydrogens is 238 g/mol. The molecule has 0 fully saturated rings. The van der Waals surface area contributed by atoms with Crippen LogP contribution in [0, 0.1) is 13.8 Å². The first-order valence-corrected chi connectivity index (χ1v) is 6.24. The molecule has 1 N–H and O–H groups in total. The summed E-state index contributed by atoms with van der Waals surface area (Å²) in [7, 11) is 0. The van der Waals surface area contributed by atoms with Gasteiger partial charge in [0.15, 0.2) is 0 Å². The third-order valence-electron chi connectivity index (χ3n) is 3.15. The van der Waals surface area contributed by atoms with E-state index < -0.39 is 0 Å². The van der Waals surface area contributed by atoms with E-state index in [0.717, 1.165) is 22.7 Å². The maximum Gasteiger partial charge on any atom is 0.213 e. The Morgan fingerprint density at radius 1 is 1.16 bits per heavy atom. The molecule has 0 saturated heterocycles. The first-order chi connectivity index (χ1) is 9.24. The van der Waals surface area contributed by atoms with Gasteiger partial charge in [0.2, 0.25) is 5.89 Å². The number of nitrogens with one attached hydrogen (secondary N) is 1. The van der Waals surface area contributed by atoms with E-state index in [-0.39, 0.29) is 0 Å². The fourth-order valence-corrected chi connectivity index (χ4v) is 2.03. The number of anilines is 1. The molecule has 0 unspecified atom stereocenters. The number of benzene rings is 1. The summed E-state index contributed by atoms with van der Waals surface area (Å²) in [5.41, 5.74) is 0.933. The molecule has 4 heteroatoms. The second-order valence-electron chi connectivity index (χ2n) is 4.48. The van der Waals surface area contributed by atoms with E-state index in [0.29, 0.717) is 12.4 Å². The Morgan fingerprint density at radius 3 is 2.79 bits per heavy atom. The summed E-state index contributed by atoms with van der Waals surface area (Å²) in [5.74, 6) is 2.40. The first kappa shape index (κ1) is 11.7. The summed E-state index contributed by atoms with van der Waals surface area (Å²) in [6, 6.07) is 10.2. The van der Waals surface area contributed by atoms with Crippen LogP contribution >= 0.6 is 0 Å². The van der Waals surface area contributed by atoms with E-state index in [1.54, 1.807) is 6.20 Å². The number of pyridine rings is 1. The average molecular weight is 253 g/mol. The van der Waals surface area contributed by atoms with Crippen LogP contribution in [-0.4, -0.2) is 9.97 Å². The molecule has 0 amide bonds. The van der Waals surface area contributed by atoms with Crippen molar-refractivity contribution >= 4 is 16.6 Å². The van der Waals surface area contributed by atoms with Crippen molar-refractivity contribution in [3.8, 4) is 0 Å². The molecule has 4 nitrogen and oxygen atoms in total. The number of aromatic nitrogens is 2. The standard InChI is InChI=1S/C15H15N3O/c1-10-11(2)19-14(18-10)9-17-15-13-6-4-3-5-12(13)7-8-16-15/h3-8H,9H2,1-2H3,(H,16,17). The second-order valence-corrected chi connectivity index (χ2v) is 4.48. The van der Waals surface area contributed by atoms with Gasteiger partial charge in [0, 0.05) is 11.6 Å². The quantitative estimate of drug-likeness (QED) is 0.776. The molecule has 96 valence electrons. The van der Waals surface area contributed by atoms with Crippen LogP contribution in [0.3, 0.4) is 0 Å². The average Bonchev–Trinajstić information content (AvgIpc) is 2.75. The Hall–Kier alpha value is -2.36. The maximum atomic E-state index is 5.55. The topological polar surface area (TPSA) is 51.0 Å². The van der Waals surface area contributed by atoms with Crippen LogP contribution in [0.1, 0.15) is 17.3 Å². The molecule has 0 spiro atoms. The number of nitrogens with zero attached hydrogens (tertiary/aromatic N) is 2. The number of hydrogen-bond acceptors (Lipinski definition) is 4. The summed E-state index contributed by atoms with van der Waals surface area (Å²) >= 11 is 0. The molecule has 0 atom stereocenters. The Bertz CT molecular complexity index is 693. The van der Waals surface area contributed by atoms with Crippen LogP contribution in [0.5, 0.6) is 0 Å². The van der Waals surface area contributed by atoms with Gasteiger partial charge in [-0.05, 0) is 25.3 Å². The number of oxazole rings is 1. The lowest BCUT2D eigenvalue weighted by molar-refractivity contribution is 0.478. The van der Waals surface area contributed by atoms with E-state index in [1.807, 2.05) is 32.0 Å². The van der Waals surface area contributed by atoms with E-state index in [4.69, 9.17) is 4.42 Å². The minimum Gasteiger partial charge on any atom is -0.444 e. The zero-order valence-electron chi connectivity index (χ0n) is 11.0. The van der Waals surface area contributed by atoms with Gasteiger partial charge in [-0.1, -0.05) is 24.3 Å². The molecule has 0 aliphatic carbocycles. The monoisotopic (exact) mass is 253 g/mol. The molecule has 0 aliphatic heterocycles. The van der Waals surface area contributed by atoms with Crippen molar-refractivity contribution in [2.75, 3.05) is 5.32 Å². The van der Waals surface area contributed by atoms with Crippen molar-refractivity contribution in [3.63, 3.8) is 0 Å². The van der Waals surface area contributed by atoms with Gasteiger partial charge < -0.3 is 9.73 Å². The highest BCUT2D eigenvalue weighted by Gasteiger charge is 2.06. The lowest BCUT2D eigenvalue weighted by Crippen LogP contribution is -2.02. The summed E-state index contributed by atoms with van der Waals surface area (Å²) in [4.78, 5) is 8.72. The van der Waals surface area contributed by atoms with Crippen LogP contribution in [0.15, 0.2) is 40.9 Å². The molecule has 2 heterocycles. The van der Waals surface area contributed by atoms with Crippen molar-refractivity contribution in [3.05, 3.63) is 53.9 Å². The van der Waals surface area contributed by atoms with Gasteiger partial charge in [-0.15, -0.1) is 0 Å². The lowest BCUT2D eigenvalue weighted by atomic mass is 10.1. The molecule has 0 saturated carbocycles. The van der Waals surface area contributed by atoms with E-state index in [9.17, 15) is 0 Å². The molecule has 0 radical (unpaired) electrons. The van der Waals surface area contributed by atoms with Gasteiger partial charge in [-0.2, -0.15) is 0 Å². The fourth-order valence-electron chi connectivity index (χ4n) is 2.03. The third-order valence-corrected chi connectivity index (χ3v) is 3.15. The van der Waals surface area contributed by atoms with Crippen molar-refractivity contribution < 1.29 is 4.42 Å². The molecule has 0 aliphatic rings. The predicted octanol–water partition coefficient (Wildman–Crippen LogP) is 3.45. The van der Waals surface area contributed by atoms with Crippen LogP contribution < -0.4 is 5.32 Å². The summed E-state index contributed by atoms with van der Waals surface area (Å²) in [6.07, 6.45) is 1.80. The van der Waals surface area contributed by atoms with Crippen molar-refractivity contribution in [1.82, 2.24) is 9.97 Å². The zero-order valence-corrected chi connectivity index (χ0v) is 11.0. The number of rotatable bonds is 3. The van der Waals surface area contributed by atoms with Crippen LogP contribution in [-0.2, 0) is 6.54 Å². The fraction of sp³-hybridized carbons (Fsp3) is 0.200. The normalized spacial score (nSPS) is 10.8. The molecule has 19 heavy (non-hydrogen) atoms. The third kappa shape index (κ3) is 2.29. The highest BCUT2D eigenvalue weighted by molar-refractivity contribution is 5.91. The van der Waals surface area contributed by atoms with Crippen molar-refractivity contribution in [1.29, 1.82) is 0 Å². The van der Waals surface area contributed by atoms with Crippen molar-refractivity contribution in [2.45, 2.75) is 20.4 Å². The number of hydrogen-bond donors (Lipinski definition) is 1. The number of fused-ring (bicyclic) bond motifs is 1. The lowest BCUT2D eigenvalue weighted by Gasteiger charge is -2.06. The van der Waals surface area contributed by atoms with Crippen LogP contribution in [0.2, 0.25) is 0 Å². The van der Waals surface area contributed by atoms with Gasteiger partial charge >= 0.3 is 0 Å². The smallest absolute Gasteiger partial charge is 0.213 e. The Kier molecular flexibility index (Phi) is 2.91. The highest BCUT2D eigenvalue weighted by Crippen LogP contribution is 2.21. The zero-order chi connectivity index (χ0) is 13.2.